The number of anilines is 2. The number of amides is 1. The molecule has 0 unspecified atom stereocenters. The van der Waals surface area contributed by atoms with Gasteiger partial charge in [-0.3, -0.25) is 14.9 Å². The van der Waals surface area contributed by atoms with Crippen molar-refractivity contribution in [2.24, 2.45) is 0 Å². The maximum absolute atomic E-state index is 12.0. The molecule has 94 valence electrons. The molecule has 2 aromatic heterocycles. The van der Waals surface area contributed by atoms with Gasteiger partial charge in [0.2, 0.25) is 0 Å². The summed E-state index contributed by atoms with van der Waals surface area (Å²) in [6.07, 6.45) is 3.19. The van der Waals surface area contributed by atoms with Crippen LogP contribution < -0.4 is 11.1 Å². The Morgan fingerprint density at radius 1 is 1.21 bits per heavy atom. The Morgan fingerprint density at radius 3 is 2.89 bits per heavy atom. The molecule has 3 aromatic rings. The van der Waals surface area contributed by atoms with Crippen molar-refractivity contribution in [1.82, 2.24) is 15.2 Å². The lowest BCUT2D eigenvalue weighted by molar-refractivity contribution is 0.102. The summed E-state index contributed by atoms with van der Waals surface area (Å²) in [6.45, 7) is 0. The van der Waals surface area contributed by atoms with Gasteiger partial charge in [-0.05, 0) is 30.3 Å². The number of pyridine rings is 1. The second kappa shape index (κ2) is 4.41. The van der Waals surface area contributed by atoms with Crippen LogP contribution in [0.25, 0.3) is 10.9 Å². The van der Waals surface area contributed by atoms with Crippen LogP contribution in [0.5, 0.6) is 0 Å². The number of rotatable bonds is 2. The number of nitrogens with one attached hydrogen (secondary N) is 2. The normalized spacial score (nSPS) is 10.5. The Hall–Kier alpha value is -2.89. The van der Waals surface area contributed by atoms with Gasteiger partial charge >= 0.3 is 0 Å². The van der Waals surface area contributed by atoms with E-state index in [0.717, 1.165) is 5.39 Å². The number of carbonyl (C=O) groups excluding carboxylic acids is 1. The number of nitrogens with zero attached hydrogens (tertiary/aromatic N) is 2. The lowest BCUT2D eigenvalue weighted by Crippen LogP contribution is -2.12. The standard InChI is InChI=1S/C13H11N5O/c14-9-3-4-10(8-2-1-6-15-12(8)9)17-13(19)11-5-7-16-18-11/h1-7H,14H2,(H,16,18)(H,17,19). The molecule has 1 aromatic carbocycles. The van der Waals surface area contributed by atoms with E-state index in [2.05, 4.69) is 20.5 Å². The fourth-order valence-electron chi connectivity index (χ4n) is 1.88. The highest BCUT2D eigenvalue weighted by atomic mass is 16.1. The fourth-order valence-corrected chi connectivity index (χ4v) is 1.88. The minimum atomic E-state index is -0.257. The highest BCUT2D eigenvalue weighted by molar-refractivity contribution is 6.09. The van der Waals surface area contributed by atoms with Gasteiger partial charge in [0.1, 0.15) is 5.69 Å². The topological polar surface area (TPSA) is 96.7 Å². The van der Waals surface area contributed by atoms with Gasteiger partial charge in [-0.2, -0.15) is 5.10 Å². The number of hydrogen-bond donors (Lipinski definition) is 3. The van der Waals surface area contributed by atoms with Crippen LogP contribution in [0.3, 0.4) is 0 Å². The van der Waals surface area contributed by atoms with Crippen molar-refractivity contribution in [2.75, 3.05) is 11.1 Å². The Bertz CT molecular complexity index is 736. The molecule has 0 saturated heterocycles. The third-order valence-corrected chi connectivity index (χ3v) is 2.79. The number of hydrogen-bond acceptors (Lipinski definition) is 4. The summed E-state index contributed by atoms with van der Waals surface area (Å²) in [6, 6.07) is 8.74. The van der Waals surface area contributed by atoms with E-state index in [0.29, 0.717) is 22.6 Å². The molecule has 0 aliphatic rings. The van der Waals surface area contributed by atoms with E-state index in [-0.39, 0.29) is 5.91 Å². The van der Waals surface area contributed by atoms with Gasteiger partial charge in [0.05, 0.1) is 16.9 Å². The van der Waals surface area contributed by atoms with Gasteiger partial charge in [-0.15, -0.1) is 0 Å². The van der Waals surface area contributed by atoms with Crippen molar-refractivity contribution in [1.29, 1.82) is 0 Å². The second-order valence-corrected chi connectivity index (χ2v) is 4.03. The number of benzene rings is 1. The lowest BCUT2D eigenvalue weighted by atomic mass is 10.1. The lowest BCUT2D eigenvalue weighted by Gasteiger charge is -2.08. The number of carbonyl (C=O) groups is 1. The van der Waals surface area contributed by atoms with Crippen LogP contribution in [0.1, 0.15) is 10.5 Å². The molecule has 1 amide bonds. The molecule has 0 fully saturated rings. The van der Waals surface area contributed by atoms with Gasteiger partial charge in [0, 0.05) is 17.8 Å². The second-order valence-electron chi connectivity index (χ2n) is 4.03. The van der Waals surface area contributed by atoms with Crippen molar-refractivity contribution in [2.45, 2.75) is 0 Å². The van der Waals surface area contributed by atoms with E-state index in [1.807, 2.05) is 6.07 Å². The zero-order chi connectivity index (χ0) is 13.2. The number of nitrogen functional groups attached to an aromatic ring is 1. The van der Waals surface area contributed by atoms with Crippen LogP contribution in [0.2, 0.25) is 0 Å². The molecule has 0 radical (unpaired) electrons. The van der Waals surface area contributed by atoms with Crippen LogP contribution in [-0.4, -0.2) is 21.1 Å². The minimum absolute atomic E-state index is 0.257. The third kappa shape index (κ3) is 1.99. The van der Waals surface area contributed by atoms with E-state index in [1.165, 1.54) is 6.20 Å². The fraction of sp³-hybridized carbons (Fsp3) is 0. The number of fused-ring (bicyclic) bond motifs is 1. The molecule has 0 aliphatic heterocycles. The van der Waals surface area contributed by atoms with Crippen molar-refractivity contribution >= 4 is 28.2 Å². The summed E-state index contributed by atoms with van der Waals surface area (Å²) in [5.74, 6) is -0.257. The molecule has 0 aliphatic carbocycles. The van der Waals surface area contributed by atoms with E-state index in [1.54, 1.807) is 30.5 Å². The zero-order valence-electron chi connectivity index (χ0n) is 9.92. The minimum Gasteiger partial charge on any atom is -0.397 e. The number of H-pyrrole nitrogens is 1. The SMILES string of the molecule is Nc1ccc(NC(=O)c2ccn[nH]2)c2cccnc12. The molecular formula is C13H11N5O. The summed E-state index contributed by atoms with van der Waals surface area (Å²) in [7, 11) is 0. The number of nitrogens with two attached hydrogens (primary N) is 1. The number of aromatic amines is 1. The molecule has 0 bridgehead atoms. The van der Waals surface area contributed by atoms with Gasteiger partial charge in [-0.1, -0.05) is 0 Å². The van der Waals surface area contributed by atoms with Crippen LogP contribution >= 0.6 is 0 Å². The first-order valence-electron chi connectivity index (χ1n) is 5.69. The first kappa shape index (κ1) is 11.2. The van der Waals surface area contributed by atoms with Gasteiger partial charge < -0.3 is 11.1 Å². The van der Waals surface area contributed by atoms with Crippen molar-refractivity contribution < 1.29 is 4.79 Å². The highest BCUT2D eigenvalue weighted by Gasteiger charge is 2.10. The van der Waals surface area contributed by atoms with Crippen molar-refractivity contribution in [3.05, 3.63) is 48.4 Å². The van der Waals surface area contributed by atoms with E-state index in [9.17, 15) is 4.79 Å². The Labute approximate surface area is 108 Å². The zero-order valence-corrected chi connectivity index (χ0v) is 9.92. The van der Waals surface area contributed by atoms with Gasteiger partial charge in [-0.25, -0.2) is 0 Å². The maximum Gasteiger partial charge on any atom is 0.273 e. The molecule has 19 heavy (non-hydrogen) atoms. The molecule has 0 spiro atoms. The highest BCUT2D eigenvalue weighted by Crippen LogP contribution is 2.26. The third-order valence-electron chi connectivity index (χ3n) is 2.79. The van der Waals surface area contributed by atoms with Crippen LogP contribution in [0.15, 0.2) is 42.7 Å². The maximum atomic E-state index is 12.0. The molecule has 4 N–H and O–H groups in total. The smallest absolute Gasteiger partial charge is 0.273 e. The van der Waals surface area contributed by atoms with Crippen LogP contribution in [-0.2, 0) is 0 Å². The van der Waals surface area contributed by atoms with Gasteiger partial charge in [0.25, 0.3) is 5.91 Å². The molecule has 6 nitrogen and oxygen atoms in total. The quantitative estimate of drug-likeness (QED) is 0.606. The molecule has 6 heteroatoms. The molecule has 0 saturated carbocycles. The van der Waals surface area contributed by atoms with Gasteiger partial charge in [0.15, 0.2) is 0 Å². The average molecular weight is 253 g/mol. The van der Waals surface area contributed by atoms with Crippen molar-refractivity contribution in [3.8, 4) is 0 Å². The molecule has 0 atom stereocenters. The van der Waals surface area contributed by atoms with Crippen molar-refractivity contribution in [3.63, 3.8) is 0 Å². The predicted octanol–water partition coefficient (Wildman–Crippen LogP) is 1.79. The Balaban J connectivity index is 2.02. The summed E-state index contributed by atoms with van der Waals surface area (Å²) in [5.41, 5.74) is 8.17. The monoisotopic (exact) mass is 253 g/mol. The Kier molecular flexibility index (Phi) is 2.60. The van der Waals surface area contributed by atoms with E-state index < -0.39 is 0 Å². The first-order valence-corrected chi connectivity index (χ1v) is 5.69. The summed E-state index contributed by atoms with van der Waals surface area (Å²) >= 11 is 0. The largest absolute Gasteiger partial charge is 0.397 e. The summed E-state index contributed by atoms with van der Waals surface area (Å²) in [4.78, 5) is 16.2. The van der Waals surface area contributed by atoms with E-state index >= 15 is 0 Å². The number of aromatic nitrogens is 3. The van der Waals surface area contributed by atoms with Crippen LogP contribution in [0, 0.1) is 0 Å². The van der Waals surface area contributed by atoms with E-state index in [4.69, 9.17) is 5.73 Å². The molecular weight excluding hydrogens is 242 g/mol. The predicted molar refractivity (Wildman–Crippen MR) is 72.7 cm³/mol. The summed E-state index contributed by atoms with van der Waals surface area (Å²) in [5, 5.41) is 9.97. The van der Waals surface area contributed by atoms with Crippen LogP contribution in [0.4, 0.5) is 11.4 Å². The Morgan fingerprint density at radius 2 is 2.11 bits per heavy atom. The molecule has 2 heterocycles. The molecule has 3 rings (SSSR count). The summed E-state index contributed by atoms with van der Waals surface area (Å²) < 4.78 is 0. The first-order chi connectivity index (χ1) is 9.25. The average Bonchev–Trinajstić information content (AvgIpc) is 2.96.